The van der Waals surface area contributed by atoms with Crippen LogP contribution in [0.3, 0.4) is 0 Å². The summed E-state index contributed by atoms with van der Waals surface area (Å²) in [5, 5.41) is 14.9. The smallest absolute Gasteiger partial charge is 0.331 e. The molecule has 0 saturated heterocycles. The summed E-state index contributed by atoms with van der Waals surface area (Å²) in [7, 11) is 0. The Bertz CT molecular complexity index is 798. The first-order valence-corrected chi connectivity index (χ1v) is 7.49. The Morgan fingerprint density at radius 2 is 1.92 bits per heavy atom. The molecule has 8 heteroatoms. The molecule has 0 radical (unpaired) electrons. The van der Waals surface area contributed by atoms with Gasteiger partial charge in [-0.2, -0.15) is 5.10 Å². The van der Waals surface area contributed by atoms with Crippen molar-refractivity contribution in [1.82, 2.24) is 9.78 Å². The molecular weight excluding hydrogens is 314 g/mol. The third kappa shape index (κ3) is 3.65. The van der Waals surface area contributed by atoms with Crippen molar-refractivity contribution < 1.29 is 14.5 Å². The van der Waals surface area contributed by atoms with Crippen LogP contribution in [0.5, 0.6) is 0 Å². The van der Waals surface area contributed by atoms with Gasteiger partial charge in [-0.25, -0.2) is 9.48 Å². The van der Waals surface area contributed by atoms with E-state index < -0.39 is 22.5 Å². The second-order valence-electron chi connectivity index (χ2n) is 4.98. The van der Waals surface area contributed by atoms with Crippen LogP contribution in [0.15, 0.2) is 41.2 Å². The summed E-state index contributed by atoms with van der Waals surface area (Å²) in [5.41, 5.74) is 0.589. The van der Waals surface area contributed by atoms with Crippen LogP contribution in [0, 0.1) is 10.1 Å². The van der Waals surface area contributed by atoms with Crippen molar-refractivity contribution in [3.63, 3.8) is 0 Å². The fourth-order valence-electron chi connectivity index (χ4n) is 2.23. The van der Waals surface area contributed by atoms with E-state index in [0.717, 1.165) is 4.68 Å². The number of rotatable bonds is 6. The molecule has 8 nitrogen and oxygen atoms in total. The van der Waals surface area contributed by atoms with E-state index in [0.29, 0.717) is 17.7 Å². The van der Waals surface area contributed by atoms with Gasteiger partial charge in [-0.15, -0.1) is 0 Å². The molecule has 0 aliphatic heterocycles. The number of nitro benzene ring substituents is 1. The minimum Gasteiger partial charge on any atom is -0.464 e. The maximum absolute atomic E-state index is 12.1. The molecule has 126 valence electrons. The van der Waals surface area contributed by atoms with E-state index in [1.54, 1.807) is 26.0 Å². The molecule has 0 spiro atoms. The number of nitrogens with zero attached hydrogens (tertiary/aromatic N) is 3. The summed E-state index contributed by atoms with van der Waals surface area (Å²) >= 11 is 0. The van der Waals surface area contributed by atoms with Gasteiger partial charge < -0.3 is 4.74 Å². The van der Waals surface area contributed by atoms with Crippen molar-refractivity contribution in [2.45, 2.75) is 26.3 Å². The molecule has 2 aromatic rings. The molecule has 1 aromatic heterocycles. The Morgan fingerprint density at radius 3 is 2.46 bits per heavy atom. The van der Waals surface area contributed by atoms with Gasteiger partial charge in [-0.05, 0) is 31.5 Å². The average Bonchev–Trinajstić information content (AvgIpc) is 2.57. The third-order valence-electron chi connectivity index (χ3n) is 3.44. The quantitative estimate of drug-likeness (QED) is 0.457. The molecule has 0 amide bonds. The largest absolute Gasteiger partial charge is 0.464 e. The van der Waals surface area contributed by atoms with Gasteiger partial charge in [0.05, 0.1) is 17.2 Å². The van der Waals surface area contributed by atoms with Crippen LogP contribution in [0.1, 0.15) is 26.3 Å². The second kappa shape index (κ2) is 7.49. The zero-order valence-corrected chi connectivity index (χ0v) is 13.3. The predicted octanol–water partition coefficient (Wildman–Crippen LogP) is 2.33. The fraction of sp³-hybridized carbons (Fsp3) is 0.312. The molecule has 0 saturated carbocycles. The van der Waals surface area contributed by atoms with Crippen molar-refractivity contribution >= 4 is 11.7 Å². The van der Waals surface area contributed by atoms with E-state index in [1.807, 2.05) is 0 Å². The summed E-state index contributed by atoms with van der Waals surface area (Å²) < 4.78 is 6.07. The molecule has 2 rings (SSSR count). The maximum Gasteiger partial charge on any atom is 0.331 e. The predicted molar refractivity (Wildman–Crippen MR) is 86.5 cm³/mol. The van der Waals surface area contributed by atoms with Crippen LogP contribution in [0.4, 0.5) is 5.69 Å². The molecule has 0 bridgehead atoms. The van der Waals surface area contributed by atoms with E-state index in [9.17, 15) is 19.7 Å². The van der Waals surface area contributed by atoms with Gasteiger partial charge in [-0.1, -0.05) is 6.92 Å². The monoisotopic (exact) mass is 331 g/mol. The number of nitro groups is 1. The number of non-ortho nitro benzene ring substituents is 1. The van der Waals surface area contributed by atoms with E-state index in [1.165, 1.54) is 24.3 Å². The summed E-state index contributed by atoms with van der Waals surface area (Å²) in [6, 6.07) is 7.81. The van der Waals surface area contributed by atoms with Crippen LogP contribution in [0.25, 0.3) is 11.3 Å². The summed E-state index contributed by atoms with van der Waals surface area (Å²) in [4.78, 5) is 34.3. The van der Waals surface area contributed by atoms with Crippen molar-refractivity contribution in [1.29, 1.82) is 0 Å². The lowest BCUT2D eigenvalue weighted by atomic mass is 10.1. The normalized spacial score (nSPS) is 11.8. The molecule has 0 N–H and O–H groups in total. The molecule has 1 heterocycles. The minimum absolute atomic E-state index is 0.0370. The number of hydrogen-bond acceptors (Lipinski definition) is 6. The highest BCUT2D eigenvalue weighted by molar-refractivity contribution is 5.74. The van der Waals surface area contributed by atoms with Gasteiger partial charge >= 0.3 is 5.97 Å². The number of carbonyl (C=O) groups excluding carboxylic acids is 1. The molecule has 0 aliphatic carbocycles. The van der Waals surface area contributed by atoms with Crippen LogP contribution < -0.4 is 5.56 Å². The average molecular weight is 331 g/mol. The second-order valence-corrected chi connectivity index (χ2v) is 4.98. The lowest BCUT2D eigenvalue weighted by Crippen LogP contribution is -2.32. The zero-order chi connectivity index (χ0) is 17.7. The van der Waals surface area contributed by atoms with E-state index in [4.69, 9.17) is 4.74 Å². The molecule has 1 atom stereocenters. The molecule has 0 fully saturated rings. The molecule has 0 aliphatic rings. The molecular formula is C16H17N3O5. The fourth-order valence-corrected chi connectivity index (χ4v) is 2.23. The van der Waals surface area contributed by atoms with Crippen molar-refractivity contribution in [3.05, 3.63) is 56.9 Å². The standard InChI is InChI=1S/C16H17N3O5/c1-3-14(16(21)24-4-2)18-15(20)10-9-13(17-18)11-5-7-12(8-6-11)19(22)23/h5-10,14H,3-4H2,1-2H3. The van der Waals surface area contributed by atoms with Crippen molar-refractivity contribution in [2.24, 2.45) is 0 Å². The van der Waals surface area contributed by atoms with Gasteiger partial charge in [0, 0.05) is 23.8 Å². The van der Waals surface area contributed by atoms with Gasteiger partial charge in [0.1, 0.15) is 0 Å². The Labute approximate surface area is 137 Å². The van der Waals surface area contributed by atoms with E-state index in [-0.39, 0.29) is 12.3 Å². The third-order valence-corrected chi connectivity index (χ3v) is 3.44. The van der Waals surface area contributed by atoms with Gasteiger partial charge in [0.2, 0.25) is 0 Å². The molecule has 24 heavy (non-hydrogen) atoms. The van der Waals surface area contributed by atoms with Gasteiger partial charge in [0.25, 0.3) is 11.2 Å². The number of carbonyl (C=O) groups is 1. The van der Waals surface area contributed by atoms with Crippen molar-refractivity contribution in [2.75, 3.05) is 6.61 Å². The van der Waals surface area contributed by atoms with Gasteiger partial charge in [0.15, 0.2) is 6.04 Å². The zero-order valence-electron chi connectivity index (χ0n) is 13.3. The Morgan fingerprint density at radius 1 is 1.25 bits per heavy atom. The SMILES string of the molecule is CCOC(=O)C(CC)n1nc(-c2ccc([N+](=O)[O-])cc2)ccc1=O. The Kier molecular flexibility index (Phi) is 5.41. The summed E-state index contributed by atoms with van der Waals surface area (Å²) in [6.07, 6.45) is 0.357. The highest BCUT2D eigenvalue weighted by Crippen LogP contribution is 2.20. The first-order chi connectivity index (χ1) is 11.5. The first kappa shape index (κ1) is 17.3. The highest BCUT2D eigenvalue weighted by atomic mass is 16.6. The van der Waals surface area contributed by atoms with Crippen LogP contribution in [-0.2, 0) is 9.53 Å². The number of esters is 1. The summed E-state index contributed by atoms with van der Waals surface area (Å²) in [5.74, 6) is -0.518. The van der Waals surface area contributed by atoms with Crippen molar-refractivity contribution in [3.8, 4) is 11.3 Å². The first-order valence-electron chi connectivity index (χ1n) is 7.49. The summed E-state index contributed by atoms with van der Waals surface area (Å²) in [6.45, 7) is 3.66. The van der Waals surface area contributed by atoms with E-state index in [2.05, 4.69) is 5.10 Å². The van der Waals surface area contributed by atoms with Crippen LogP contribution >= 0.6 is 0 Å². The Hall–Kier alpha value is -3.03. The Balaban J connectivity index is 2.42. The number of ether oxygens (including phenoxy) is 1. The van der Waals surface area contributed by atoms with Crippen LogP contribution in [-0.4, -0.2) is 27.3 Å². The number of benzene rings is 1. The lowest BCUT2D eigenvalue weighted by molar-refractivity contribution is -0.384. The minimum atomic E-state index is -0.810. The molecule has 1 aromatic carbocycles. The van der Waals surface area contributed by atoms with Gasteiger partial charge in [-0.3, -0.25) is 14.9 Å². The lowest BCUT2D eigenvalue weighted by Gasteiger charge is -2.16. The molecule has 1 unspecified atom stereocenters. The topological polar surface area (TPSA) is 104 Å². The highest BCUT2D eigenvalue weighted by Gasteiger charge is 2.22. The van der Waals surface area contributed by atoms with E-state index >= 15 is 0 Å². The maximum atomic E-state index is 12.1. The van der Waals surface area contributed by atoms with Crippen LogP contribution in [0.2, 0.25) is 0 Å². The number of aromatic nitrogens is 2. The number of hydrogen-bond donors (Lipinski definition) is 0.